The molecule has 0 bridgehead atoms. The lowest BCUT2D eigenvalue weighted by Crippen LogP contribution is -2.41. The summed E-state index contributed by atoms with van der Waals surface area (Å²) >= 11 is 6.57. The molecule has 0 atom stereocenters. The van der Waals surface area contributed by atoms with Gasteiger partial charge in [0.15, 0.2) is 0 Å². The van der Waals surface area contributed by atoms with Crippen molar-refractivity contribution in [3.8, 4) is 5.75 Å². The maximum atomic E-state index is 12.1. The molecule has 0 spiro atoms. The normalized spacial score (nSPS) is 9.95. The first-order chi connectivity index (χ1) is 10.5. The number of hydrazine groups is 1. The van der Waals surface area contributed by atoms with Crippen molar-refractivity contribution in [1.29, 1.82) is 0 Å². The highest BCUT2D eigenvalue weighted by atomic mass is 79.9. The van der Waals surface area contributed by atoms with Crippen LogP contribution in [0.1, 0.15) is 20.7 Å². The van der Waals surface area contributed by atoms with Crippen LogP contribution >= 0.6 is 31.9 Å². The lowest BCUT2D eigenvalue weighted by atomic mass is 10.2. The molecule has 7 heteroatoms. The monoisotopic (exact) mass is 426 g/mol. The van der Waals surface area contributed by atoms with Gasteiger partial charge in [-0.1, -0.05) is 12.1 Å². The van der Waals surface area contributed by atoms with E-state index in [1.807, 2.05) is 0 Å². The minimum Gasteiger partial charge on any atom is -0.497 e. The maximum Gasteiger partial charge on any atom is 0.270 e. The fourth-order valence-electron chi connectivity index (χ4n) is 1.70. The minimum absolute atomic E-state index is 0.353. The van der Waals surface area contributed by atoms with Crippen molar-refractivity contribution in [1.82, 2.24) is 10.9 Å². The Balaban J connectivity index is 2.07. The number of carbonyl (C=O) groups excluding carboxylic acids is 2. The van der Waals surface area contributed by atoms with Gasteiger partial charge in [0.25, 0.3) is 11.8 Å². The molecular weight excluding hydrogens is 416 g/mol. The SMILES string of the molecule is COc1ccc(Br)c(C(=O)NNC(=O)c2ccccc2Br)c1. The average molecular weight is 428 g/mol. The third-order valence-electron chi connectivity index (χ3n) is 2.83. The highest BCUT2D eigenvalue weighted by Crippen LogP contribution is 2.22. The Morgan fingerprint density at radius 3 is 2.14 bits per heavy atom. The zero-order chi connectivity index (χ0) is 16.1. The van der Waals surface area contributed by atoms with Gasteiger partial charge in [-0.3, -0.25) is 20.4 Å². The van der Waals surface area contributed by atoms with Crippen molar-refractivity contribution in [2.24, 2.45) is 0 Å². The molecule has 0 aliphatic rings. The molecule has 0 saturated carbocycles. The van der Waals surface area contributed by atoms with Crippen molar-refractivity contribution in [3.63, 3.8) is 0 Å². The van der Waals surface area contributed by atoms with Crippen LogP contribution in [0.5, 0.6) is 5.75 Å². The molecule has 2 amide bonds. The summed E-state index contributed by atoms with van der Waals surface area (Å²) in [6.07, 6.45) is 0. The summed E-state index contributed by atoms with van der Waals surface area (Å²) in [7, 11) is 1.51. The van der Waals surface area contributed by atoms with E-state index >= 15 is 0 Å². The van der Waals surface area contributed by atoms with E-state index in [9.17, 15) is 9.59 Å². The molecule has 0 fully saturated rings. The maximum absolute atomic E-state index is 12.1. The predicted molar refractivity (Wildman–Crippen MR) is 89.8 cm³/mol. The fourth-order valence-corrected chi connectivity index (χ4v) is 2.59. The first-order valence-electron chi connectivity index (χ1n) is 6.21. The fraction of sp³-hybridized carbons (Fsp3) is 0.0667. The molecule has 0 aliphatic carbocycles. The van der Waals surface area contributed by atoms with Gasteiger partial charge in [-0.2, -0.15) is 0 Å². The molecule has 0 aromatic heterocycles. The third-order valence-corrected chi connectivity index (χ3v) is 4.21. The van der Waals surface area contributed by atoms with Crippen molar-refractivity contribution in [3.05, 3.63) is 62.5 Å². The second kappa shape index (κ2) is 7.42. The summed E-state index contributed by atoms with van der Waals surface area (Å²) in [6, 6.07) is 11.9. The van der Waals surface area contributed by atoms with Gasteiger partial charge >= 0.3 is 0 Å². The molecule has 0 aliphatic heterocycles. The Morgan fingerprint density at radius 2 is 1.50 bits per heavy atom. The van der Waals surface area contributed by atoms with E-state index in [1.54, 1.807) is 42.5 Å². The average Bonchev–Trinajstić information content (AvgIpc) is 2.53. The van der Waals surface area contributed by atoms with E-state index in [2.05, 4.69) is 42.7 Å². The van der Waals surface area contributed by atoms with Gasteiger partial charge in [-0.25, -0.2) is 0 Å². The molecule has 0 heterocycles. The van der Waals surface area contributed by atoms with Crippen LogP contribution in [0.25, 0.3) is 0 Å². The molecule has 114 valence electrons. The van der Waals surface area contributed by atoms with Crippen LogP contribution in [0, 0.1) is 0 Å². The molecule has 0 unspecified atom stereocenters. The third kappa shape index (κ3) is 3.86. The number of ether oxygens (including phenoxy) is 1. The summed E-state index contributed by atoms with van der Waals surface area (Å²) in [5.41, 5.74) is 5.52. The topological polar surface area (TPSA) is 67.4 Å². The van der Waals surface area contributed by atoms with Crippen molar-refractivity contribution in [2.75, 3.05) is 7.11 Å². The molecule has 2 N–H and O–H groups in total. The van der Waals surface area contributed by atoms with Gasteiger partial charge in [-0.15, -0.1) is 0 Å². The van der Waals surface area contributed by atoms with Crippen LogP contribution in [-0.2, 0) is 0 Å². The minimum atomic E-state index is -0.453. The molecule has 0 radical (unpaired) electrons. The second-order valence-electron chi connectivity index (χ2n) is 4.23. The molecule has 22 heavy (non-hydrogen) atoms. The van der Waals surface area contributed by atoms with Crippen LogP contribution < -0.4 is 15.6 Å². The Kier molecular flexibility index (Phi) is 5.57. The summed E-state index contributed by atoms with van der Waals surface area (Å²) in [5, 5.41) is 0. The summed E-state index contributed by atoms with van der Waals surface area (Å²) < 4.78 is 6.32. The zero-order valence-electron chi connectivity index (χ0n) is 11.5. The molecule has 2 aromatic carbocycles. The van der Waals surface area contributed by atoms with E-state index < -0.39 is 11.8 Å². The number of carbonyl (C=O) groups is 2. The number of benzene rings is 2. The van der Waals surface area contributed by atoms with Crippen molar-refractivity contribution in [2.45, 2.75) is 0 Å². The summed E-state index contributed by atoms with van der Waals surface area (Å²) in [5.74, 6) is -0.323. The number of hydrogen-bond acceptors (Lipinski definition) is 3. The van der Waals surface area contributed by atoms with Crippen LogP contribution in [-0.4, -0.2) is 18.9 Å². The lowest BCUT2D eigenvalue weighted by Gasteiger charge is -2.10. The standard InChI is InChI=1S/C15H12Br2N2O3/c1-22-9-6-7-13(17)11(8-9)15(21)19-18-14(20)10-4-2-3-5-12(10)16/h2-8H,1H3,(H,18,20)(H,19,21). The number of rotatable bonds is 3. The Morgan fingerprint density at radius 1 is 0.909 bits per heavy atom. The molecule has 5 nitrogen and oxygen atoms in total. The van der Waals surface area contributed by atoms with Crippen LogP contribution in [0.3, 0.4) is 0 Å². The van der Waals surface area contributed by atoms with E-state index in [0.29, 0.717) is 25.8 Å². The number of hydrogen-bond donors (Lipinski definition) is 2. The highest BCUT2D eigenvalue weighted by molar-refractivity contribution is 9.10. The van der Waals surface area contributed by atoms with Gasteiger partial charge < -0.3 is 4.74 Å². The highest BCUT2D eigenvalue weighted by Gasteiger charge is 2.14. The van der Waals surface area contributed by atoms with Crippen molar-refractivity contribution >= 4 is 43.7 Å². The van der Waals surface area contributed by atoms with E-state index in [-0.39, 0.29) is 0 Å². The first kappa shape index (κ1) is 16.5. The lowest BCUT2D eigenvalue weighted by molar-refractivity contribution is 0.0845. The van der Waals surface area contributed by atoms with Crippen LogP contribution in [0.4, 0.5) is 0 Å². The Hall–Kier alpha value is -1.86. The summed E-state index contributed by atoms with van der Waals surface area (Å²) in [4.78, 5) is 24.1. The van der Waals surface area contributed by atoms with Crippen molar-refractivity contribution < 1.29 is 14.3 Å². The largest absolute Gasteiger partial charge is 0.497 e. The van der Waals surface area contributed by atoms with Crippen LogP contribution in [0.2, 0.25) is 0 Å². The molecule has 2 rings (SSSR count). The number of amides is 2. The van der Waals surface area contributed by atoms with Gasteiger partial charge in [0, 0.05) is 8.95 Å². The number of methoxy groups -OCH3 is 1. The van der Waals surface area contributed by atoms with Gasteiger partial charge in [0.2, 0.25) is 0 Å². The van der Waals surface area contributed by atoms with Crippen LogP contribution in [0.15, 0.2) is 51.4 Å². The van der Waals surface area contributed by atoms with Gasteiger partial charge in [0.1, 0.15) is 5.75 Å². The smallest absolute Gasteiger partial charge is 0.270 e. The van der Waals surface area contributed by atoms with Gasteiger partial charge in [-0.05, 0) is 62.2 Å². The number of nitrogens with one attached hydrogen (secondary N) is 2. The summed E-state index contributed by atoms with van der Waals surface area (Å²) in [6.45, 7) is 0. The molecule has 0 saturated heterocycles. The molecular formula is C15H12Br2N2O3. The van der Waals surface area contributed by atoms with E-state index in [1.165, 1.54) is 7.11 Å². The van der Waals surface area contributed by atoms with E-state index in [4.69, 9.17) is 4.74 Å². The number of halogens is 2. The molecule has 2 aromatic rings. The van der Waals surface area contributed by atoms with Gasteiger partial charge in [0.05, 0.1) is 18.2 Å². The zero-order valence-corrected chi connectivity index (χ0v) is 14.7. The quantitative estimate of drug-likeness (QED) is 0.738. The Bertz CT molecular complexity index is 720. The Labute approximate surface area is 144 Å². The second-order valence-corrected chi connectivity index (χ2v) is 5.94. The predicted octanol–water partition coefficient (Wildman–Crippen LogP) is 3.30. The van der Waals surface area contributed by atoms with E-state index in [0.717, 1.165) is 0 Å². The first-order valence-corrected chi connectivity index (χ1v) is 7.80.